The second-order valence-corrected chi connectivity index (χ2v) is 12.1. The summed E-state index contributed by atoms with van der Waals surface area (Å²) in [5.74, 6) is 0.367. The minimum absolute atomic E-state index is 0.197. The van der Waals surface area contributed by atoms with Gasteiger partial charge in [0, 0.05) is 11.8 Å². The molecule has 0 saturated heterocycles. The first-order valence-electron chi connectivity index (χ1n) is 8.72. The van der Waals surface area contributed by atoms with E-state index in [1.807, 2.05) is 0 Å². The Morgan fingerprint density at radius 1 is 1.07 bits per heavy atom. The Kier molecular flexibility index (Phi) is 5.12. The number of pyridine rings is 1. The van der Waals surface area contributed by atoms with Crippen LogP contribution in [0.4, 0.5) is 5.69 Å². The van der Waals surface area contributed by atoms with E-state index >= 15 is 0 Å². The number of hydrogen-bond acceptors (Lipinski definition) is 6. The maximum absolute atomic E-state index is 12.8. The highest BCUT2D eigenvalue weighted by molar-refractivity contribution is 7.92. The molecule has 3 aromatic rings. The lowest BCUT2D eigenvalue weighted by Gasteiger charge is -2.19. The Balaban J connectivity index is 2.18. The van der Waals surface area contributed by atoms with Gasteiger partial charge in [-0.15, -0.1) is 0 Å². The van der Waals surface area contributed by atoms with Gasteiger partial charge in [-0.25, -0.2) is 21.4 Å². The monoisotopic (exact) mass is 437 g/mol. The molecule has 1 aromatic carbocycles. The molecule has 0 unspecified atom stereocenters. The van der Waals surface area contributed by atoms with Crippen LogP contribution in [0.15, 0.2) is 47.6 Å². The Bertz CT molecular complexity index is 1290. The Labute approximate surface area is 170 Å². The minimum atomic E-state index is -3.54. The third kappa shape index (κ3) is 4.08. The van der Waals surface area contributed by atoms with Gasteiger partial charge in [-0.3, -0.25) is 4.72 Å². The molecular weight excluding hydrogens is 414 g/mol. The minimum Gasteiger partial charge on any atom is -0.495 e. The number of fused-ring (bicyclic) bond motifs is 1. The smallest absolute Gasteiger partial charge is 0.229 e. The van der Waals surface area contributed by atoms with Gasteiger partial charge in [0.2, 0.25) is 10.0 Å². The summed E-state index contributed by atoms with van der Waals surface area (Å²) in [6.07, 6.45) is 4.25. The van der Waals surface area contributed by atoms with Gasteiger partial charge >= 0.3 is 0 Å². The van der Waals surface area contributed by atoms with Gasteiger partial charge < -0.3 is 4.74 Å². The maximum Gasteiger partial charge on any atom is 0.229 e. The molecule has 0 radical (unpaired) electrons. The van der Waals surface area contributed by atoms with Gasteiger partial charge in [-0.2, -0.15) is 5.10 Å². The zero-order chi connectivity index (χ0) is 21.6. The number of nitrogens with zero attached hydrogens (tertiary/aromatic N) is 2. The third-order valence-electron chi connectivity index (χ3n) is 4.42. The van der Waals surface area contributed by atoms with E-state index in [2.05, 4.69) is 9.82 Å². The van der Waals surface area contributed by atoms with Crippen molar-refractivity contribution in [1.29, 1.82) is 0 Å². The molecule has 10 heteroatoms. The van der Waals surface area contributed by atoms with Crippen LogP contribution in [0.3, 0.4) is 0 Å². The summed E-state index contributed by atoms with van der Waals surface area (Å²) in [5, 5.41) is 4.28. The summed E-state index contributed by atoms with van der Waals surface area (Å²) < 4.78 is 57.3. The second-order valence-electron chi connectivity index (χ2n) is 7.66. The van der Waals surface area contributed by atoms with Crippen molar-refractivity contribution in [3.05, 3.63) is 42.7 Å². The molecule has 0 bridgehead atoms. The van der Waals surface area contributed by atoms with E-state index in [0.29, 0.717) is 22.4 Å². The van der Waals surface area contributed by atoms with Gasteiger partial charge in [-0.05, 0) is 50.6 Å². The number of benzene rings is 1. The van der Waals surface area contributed by atoms with E-state index in [0.717, 1.165) is 6.26 Å². The number of sulfonamides is 1. The third-order valence-corrected chi connectivity index (χ3v) is 7.49. The van der Waals surface area contributed by atoms with Gasteiger partial charge in [0.25, 0.3) is 0 Å². The van der Waals surface area contributed by atoms with Crippen molar-refractivity contribution in [3.63, 3.8) is 0 Å². The van der Waals surface area contributed by atoms with Crippen LogP contribution in [-0.4, -0.2) is 44.6 Å². The van der Waals surface area contributed by atoms with Crippen molar-refractivity contribution >= 4 is 31.1 Å². The van der Waals surface area contributed by atoms with Crippen molar-refractivity contribution in [3.8, 4) is 16.9 Å². The van der Waals surface area contributed by atoms with E-state index in [1.54, 1.807) is 61.9 Å². The lowest BCUT2D eigenvalue weighted by Crippen LogP contribution is -2.27. The lowest BCUT2D eigenvalue weighted by atomic mass is 10.1. The lowest BCUT2D eigenvalue weighted by molar-refractivity contribution is 0.417. The van der Waals surface area contributed by atoms with Crippen LogP contribution in [0, 0.1) is 0 Å². The Morgan fingerprint density at radius 3 is 2.34 bits per heavy atom. The molecule has 0 aliphatic heterocycles. The van der Waals surface area contributed by atoms with Crippen LogP contribution >= 0.6 is 0 Å². The molecule has 3 rings (SSSR count). The number of methoxy groups -OCH3 is 1. The number of ether oxygens (including phenoxy) is 1. The normalized spacial score (nSPS) is 12.9. The Hall–Kier alpha value is -2.59. The molecule has 0 saturated carbocycles. The topological polar surface area (TPSA) is 107 Å². The van der Waals surface area contributed by atoms with Gasteiger partial charge in [0.15, 0.2) is 9.84 Å². The number of hydrogen-bond donors (Lipinski definition) is 1. The first-order chi connectivity index (χ1) is 13.3. The highest BCUT2D eigenvalue weighted by atomic mass is 32.2. The highest BCUT2D eigenvalue weighted by Gasteiger charge is 2.31. The van der Waals surface area contributed by atoms with Crippen molar-refractivity contribution in [2.45, 2.75) is 30.4 Å². The SMILES string of the molecule is COc1ccc(-c2cnn3ccc(S(=O)(=O)C(C)(C)C)cc23)cc1NS(C)(=O)=O. The van der Waals surface area contributed by atoms with E-state index in [1.165, 1.54) is 13.2 Å². The van der Waals surface area contributed by atoms with Crippen molar-refractivity contribution < 1.29 is 21.6 Å². The molecule has 8 nitrogen and oxygen atoms in total. The predicted octanol–water partition coefficient (Wildman–Crippen LogP) is 2.95. The maximum atomic E-state index is 12.8. The fourth-order valence-electron chi connectivity index (χ4n) is 2.86. The average Bonchev–Trinajstić information content (AvgIpc) is 3.02. The molecular formula is C19H23N3O5S2. The zero-order valence-electron chi connectivity index (χ0n) is 16.8. The van der Waals surface area contributed by atoms with Crippen LogP contribution in [0.1, 0.15) is 20.8 Å². The van der Waals surface area contributed by atoms with Gasteiger partial charge in [-0.1, -0.05) is 6.07 Å². The first kappa shape index (κ1) is 21.1. The van der Waals surface area contributed by atoms with Gasteiger partial charge in [0.1, 0.15) is 5.75 Å². The molecule has 0 aliphatic carbocycles. The van der Waals surface area contributed by atoms with Crippen LogP contribution in [0.2, 0.25) is 0 Å². The molecule has 2 aromatic heterocycles. The molecule has 0 atom stereocenters. The van der Waals surface area contributed by atoms with Gasteiger partial charge in [0.05, 0.1) is 40.4 Å². The molecule has 1 N–H and O–H groups in total. The summed E-state index contributed by atoms with van der Waals surface area (Å²) >= 11 is 0. The fourth-order valence-corrected chi connectivity index (χ4v) is 4.63. The zero-order valence-corrected chi connectivity index (χ0v) is 18.4. The Morgan fingerprint density at radius 2 is 1.76 bits per heavy atom. The highest BCUT2D eigenvalue weighted by Crippen LogP contribution is 2.34. The summed E-state index contributed by atoms with van der Waals surface area (Å²) in [4.78, 5) is 0.197. The number of anilines is 1. The van der Waals surface area contributed by atoms with Crippen LogP contribution in [0.25, 0.3) is 16.6 Å². The molecule has 0 fully saturated rings. The summed E-state index contributed by atoms with van der Waals surface area (Å²) in [5.41, 5.74) is 2.20. The summed E-state index contributed by atoms with van der Waals surface area (Å²) in [6.45, 7) is 4.95. The standard InChI is InChI=1S/C19H23N3O5S2/c1-19(2,3)29(25,26)14-8-9-22-17(11-14)15(12-20-22)13-6-7-18(27-4)16(10-13)21-28(5,23)24/h6-12,21H,1-5H3. The van der Waals surface area contributed by atoms with Crippen LogP contribution in [0.5, 0.6) is 5.75 Å². The fraction of sp³-hybridized carbons (Fsp3) is 0.316. The number of aromatic nitrogens is 2. The molecule has 0 aliphatic rings. The van der Waals surface area contributed by atoms with E-state index in [-0.39, 0.29) is 10.6 Å². The average molecular weight is 438 g/mol. The summed E-state index contributed by atoms with van der Waals surface area (Å²) in [6, 6.07) is 8.13. The number of rotatable bonds is 5. The second kappa shape index (κ2) is 7.03. The van der Waals surface area contributed by atoms with Crippen LogP contribution < -0.4 is 9.46 Å². The molecule has 0 amide bonds. The largest absolute Gasteiger partial charge is 0.495 e. The number of nitrogens with one attached hydrogen (secondary N) is 1. The van der Waals surface area contributed by atoms with Crippen molar-refractivity contribution in [2.75, 3.05) is 18.1 Å². The first-order valence-corrected chi connectivity index (χ1v) is 12.1. The summed E-state index contributed by atoms with van der Waals surface area (Å²) in [7, 11) is -5.60. The van der Waals surface area contributed by atoms with Crippen molar-refractivity contribution in [1.82, 2.24) is 9.61 Å². The predicted molar refractivity (Wildman–Crippen MR) is 113 cm³/mol. The van der Waals surface area contributed by atoms with E-state index in [4.69, 9.17) is 4.74 Å². The molecule has 29 heavy (non-hydrogen) atoms. The van der Waals surface area contributed by atoms with Crippen molar-refractivity contribution in [2.24, 2.45) is 0 Å². The van der Waals surface area contributed by atoms with E-state index < -0.39 is 24.6 Å². The quantitative estimate of drug-likeness (QED) is 0.658. The van der Waals surface area contributed by atoms with E-state index in [9.17, 15) is 16.8 Å². The molecule has 0 spiro atoms. The van der Waals surface area contributed by atoms with Crippen LogP contribution in [-0.2, 0) is 19.9 Å². The number of sulfone groups is 1. The molecule has 156 valence electrons. The molecule has 2 heterocycles.